The van der Waals surface area contributed by atoms with Crippen molar-refractivity contribution >= 4 is 196 Å². The second-order valence-electron chi connectivity index (χ2n) is 35.7. The molecule has 0 amide bonds. The molecule has 0 atom stereocenters. The largest absolute Gasteiger partial charge is 0.452 e. The first-order valence-electron chi connectivity index (χ1n) is 46.5. The molecule has 12 heteroatoms. The molecule has 30 rings (SSSR count). The van der Waals surface area contributed by atoms with Crippen LogP contribution >= 0.6 is 0 Å². The van der Waals surface area contributed by atoms with E-state index in [1.165, 1.54) is 70.0 Å². The van der Waals surface area contributed by atoms with Crippen LogP contribution in [0.4, 0.5) is 0 Å². The molecule has 640 valence electrons. The number of para-hydroxylation sites is 6. The van der Waals surface area contributed by atoms with Crippen LogP contribution in [0.1, 0.15) is 0 Å². The molecule has 8 heterocycles. The van der Waals surface area contributed by atoms with E-state index < -0.39 is 0 Å². The third kappa shape index (κ3) is 12.0. The molecular formula is C126H72N8O4. The molecule has 0 saturated carbocycles. The smallest absolute Gasteiger partial charge is 0.178 e. The third-order valence-electron chi connectivity index (χ3n) is 28.1. The Morgan fingerprint density at radius 2 is 0.384 bits per heavy atom. The number of nitrogens with zero attached hydrogens (tertiary/aromatic N) is 8. The lowest BCUT2D eigenvalue weighted by molar-refractivity contribution is 0.634. The van der Waals surface area contributed by atoms with Crippen LogP contribution in [0.2, 0.25) is 0 Å². The van der Waals surface area contributed by atoms with E-state index in [0.717, 1.165) is 193 Å². The van der Waals surface area contributed by atoms with Crippen molar-refractivity contribution in [2.75, 3.05) is 0 Å². The van der Waals surface area contributed by atoms with Gasteiger partial charge in [0, 0.05) is 121 Å². The lowest BCUT2D eigenvalue weighted by atomic mass is 9.93. The average Bonchev–Trinajstić information content (AvgIpc) is 1.74. The van der Waals surface area contributed by atoms with E-state index in [1.54, 1.807) is 0 Å². The molecule has 0 fully saturated rings. The van der Waals surface area contributed by atoms with Crippen LogP contribution in [0.15, 0.2) is 454 Å². The first-order chi connectivity index (χ1) is 68.4. The number of fused-ring (bicyclic) bond motifs is 32. The van der Waals surface area contributed by atoms with Gasteiger partial charge in [-0.2, -0.15) is 0 Å². The molecule has 30 aromatic rings. The molecule has 0 aliphatic rings. The van der Waals surface area contributed by atoms with Gasteiger partial charge in [0.25, 0.3) is 0 Å². The summed E-state index contributed by atoms with van der Waals surface area (Å²) in [4.78, 5) is 30.3. The lowest BCUT2D eigenvalue weighted by Gasteiger charge is -2.15. The maximum absolute atomic E-state index is 6.84. The van der Waals surface area contributed by atoms with E-state index in [4.69, 9.17) is 47.6 Å². The van der Waals surface area contributed by atoms with E-state index >= 15 is 0 Å². The van der Waals surface area contributed by atoms with Crippen molar-refractivity contribution < 1.29 is 17.7 Å². The molecule has 8 aromatic heterocycles. The van der Waals surface area contributed by atoms with Gasteiger partial charge in [-0.25, -0.2) is 29.9 Å². The average molecular weight is 1760 g/mol. The molecule has 0 unspecified atom stereocenters. The zero-order chi connectivity index (χ0) is 90.3. The molecule has 0 saturated heterocycles. The molecular weight excluding hydrogens is 1690 g/mol. The van der Waals surface area contributed by atoms with Crippen molar-refractivity contribution in [1.82, 2.24) is 39.0 Å². The van der Waals surface area contributed by atoms with Crippen molar-refractivity contribution in [2.24, 2.45) is 0 Å². The van der Waals surface area contributed by atoms with Gasteiger partial charge in [0.2, 0.25) is 0 Å². The highest BCUT2D eigenvalue weighted by Gasteiger charge is 2.27. The summed E-state index contributed by atoms with van der Waals surface area (Å²) in [5.41, 5.74) is 23.1. The van der Waals surface area contributed by atoms with Gasteiger partial charge in [-0.05, 0) is 185 Å². The maximum Gasteiger partial charge on any atom is 0.178 e. The SMILES string of the molecule is c1ccc(-c2nc(-c3ccccc3)nc(-c3ccc4c5ccc(-n6c7ccccc7c7cc(-c8cccc9c8oc8c9ccc9c%10ccccc%10oc98)ccc76)cc5c5ccccc5c4c3)n2)cc1.c1ccc(-c2nc(-c3ccccc3)nc(-c3ccc4c5ccccc5c5ccc(-n6c7ccccc7c7cc(-c8cccc9c8oc8c9ccc9c%10ccccc%10oc98)ccc76)cc5c4c3)n2)cc1. The molecule has 12 nitrogen and oxygen atoms in total. The molecule has 22 aromatic carbocycles. The van der Waals surface area contributed by atoms with Crippen LogP contribution in [-0.2, 0) is 0 Å². The normalized spacial score (nSPS) is 12.1. The number of aromatic nitrogens is 8. The zero-order valence-corrected chi connectivity index (χ0v) is 73.8. The summed E-state index contributed by atoms with van der Waals surface area (Å²) >= 11 is 0. The fraction of sp³-hybridized carbons (Fsp3) is 0. The van der Waals surface area contributed by atoms with Gasteiger partial charge in [-0.3, -0.25) is 0 Å². The highest BCUT2D eigenvalue weighted by atomic mass is 16.4. The van der Waals surface area contributed by atoms with Gasteiger partial charge in [0.1, 0.15) is 22.3 Å². The molecule has 138 heavy (non-hydrogen) atoms. The van der Waals surface area contributed by atoms with E-state index in [9.17, 15) is 0 Å². The summed E-state index contributed by atoms with van der Waals surface area (Å²) in [7, 11) is 0. The first kappa shape index (κ1) is 76.9. The minimum atomic E-state index is 0.626. The standard InChI is InChI=1S/2C63H36N4O2/c1-3-14-37(15-4-1)61-64-62(38-16-5-2-6-17-38)66-63(65-61)40-26-29-45-46-30-28-41(36-53(46)44-19-8-7-18-43(44)52(45)35-40)67-55-24-11-9-20-47(55)54-34-39(27-33-56(54)67)42-22-13-23-49-51-32-31-50-48-21-10-12-25-57(48)68-59(50)60(51)69-58(42)49;1-3-14-37(15-4-1)61-64-62(38-16-5-2-6-17-38)66-63(65-61)40-26-29-45-43-18-7-8-19-44(43)46-30-28-41(36-53(46)52(45)35-40)67-55-24-11-9-20-47(55)54-34-39(27-33-56(54)67)42-22-13-23-49-51-32-31-50-48-21-10-12-25-57(48)68-59(50)60(51)69-58(42)49/h2*1-36H. The molecule has 0 aliphatic heterocycles. The van der Waals surface area contributed by atoms with Crippen LogP contribution in [0, 0.1) is 0 Å². The number of benzene rings is 22. The van der Waals surface area contributed by atoms with Crippen LogP contribution in [-0.4, -0.2) is 39.0 Å². The molecule has 0 radical (unpaired) electrons. The van der Waals surface area contributed by atoms with Gasteiger partial charge in [0.15, 0.2) is 57.3 Å². The second-order valence-corrected chi connectivity index (χ2v) is 35.7. The Balaban J connectivity index is 0.000000133. The fourth-order valence-electron chi connectivity index (χ4n) is 21.7. The van der Waals surface area contributed by atoms with Crippen LogP contribution in [0.3, 0.4) is 0 Å². The quantitative estimate of drug-likeness (QED) is 0.122. The van der Waals surface area contributed by atoms with Gasteiger partial charge in [0.05, 0.1) is 22.1 Å². The number of furan rings is 4. The van der Waals surface area contributed by atoms with Crippen molar-refractivity contribution in [2.45, 2.75) is 0 Å². The summed E-state index contributed by atoms with van der Waals surface area (Å²) in [6.07, 6.45) is 0. The minimum absolute atomic E-state index is 0.626. The summed E-state index contributed by atoms with van der Waals surface area (Å²) < 4.78 is 31.3. The lowest BCUT2D eigenvalue weighted by Crippen LogP contribution is -2.00. The Kier molecular flexibility index (Phi) is 16.9. The highest BCUT2D eigenvalue weighted by Crippen LogP contribution is 2.49. The monoisotopic (exact) mass is 1760 g/mol. The minimum Gasteiger partial charge on any atom is -0.452 e. The van der Waals surface area contributed by atoms with Gasteiger partial charge < -0.3 is 26.8 Å². The van der Waals surface area contributed by atoms with Crippen LogP contribution in [0.5, 0.6) is 0 Å². The maximum atomic E-state index is 6.84. The first-order valence-corrected chi connectivity index (χ1v) is 46.5. The second kappa shape index (κ2) is 30.4. The van der Waals surface area contributed by atoms with Crippen molar-refractivity contribution in [1.29, 1.82) is 0 Å². The molecule has 0 bridgehead atoms. The summed E-state index contributed by atoms with van der Waals surface area (Å²) in [5.74, 6) is 3.82. The number of rotatable bonds is 10. The molecule has 0 N–H and O–H groups in total. The summed E-state index contributed by atoms with van der Waals surface area (Å²) in [6, 6.07) is 154. The van der Waals surface area contributed by atoms with Crippen LogP contribution in [0.25, 0.3) is 298 Å². The Morgan fingerprint density at radius 3 is 0.775 bits per heavy atom. The number of hydrogen-bond acceptors (Lipinski definition) is 10. The van der Waals surface area contributed by atoms with Gasteiger partial charge in [-0.15, -0.1) is 0 Å². The van der Waals surface area contributed by atoms with E-state index in [-0.39, 0.29) is 0 Å². The van der Waals surface area contributed by atoms with Gasteiger partial charge in [-0.1, -0.05) is 328 Å². The summed E-state index contributed by atoms with van der Waals surface area (Å²) in [6.45, 7) is 0. The van der Waals surface area contributed by atoms with Crippen LogP contribution < -0.4 is 0 Å². The highest BCUT2D eigenvalue weighted by molar-refractivity contribution is 6.29. The van der Waals surface area contributed by atoms with E-state index in [2.05, 4.69) is 288 Å². The predicted molar refractivity (Wildman–Crippen MR) is 566 cm³/mol. The van der Waals surface area contributed by atoms with Crippen molar-refractivity contribution in [3.63, 3.8) is 0 Å². The van der Waals surface area contributed by atoms with Crippen molar-refractivity contribution in [3.05, 3.63) is 437 Å². The molecule has 0 aliphatic carbocycles. The predicted octanol–water partition coefficient (Wildman–Crippen LogP) is 33.8. The van der Waals surface area contributed by atoms with Gasteiger partial charge >= 0.3 is 0 Å². The van der Waals surface area contributed by atoms with Crippen molar-refractivity contribution in [3.8, 4) is 102 Å². The Labute approximate surface area is 786 Å². The fourth-order valence-corrected chi connectivity index (χ4v) is 21.7. The Bertz CT molecular complexity index is 10200. The Hall–Kier alpha value is -18.8. The third-order valence-corrected chi connectivity index (χ3v) is 28.1. The zero-order valence-electron chi connectivity index (χ0n) is 73.8. The topological polar surface area (TPSA) is 140 Å². The number of hydrogen-bond donors (Lipinski definition) is 0. The van der Waals surface area contributed by atoms with E-state index in [1.807, 2.05) is 158 Å². The van der Waals surface area contributed by atoms with E-state index in [0.29, 0.717) is 34.9 Å². The molecule has 0 spiro atoms. The summed E-state index contributed by atoms with van der Waals surface area (Å²) in [5, 5.41) is 27.4. The Morgan fingerprint density at radius 1 is 0.138 bits per heavy atom.